The SMILES string of the molecule is CSCCn1c(=NC(=O)c2ccccc2S(C)(=O)=O)sc2cc3c(cc21)OCCO3. The number of hydrogen-bond acceptors (Lipinski definition) is 7. The van der Waals surface area contributed by atoms with Gasteiger partial charge < -0.3 is 14.0 Å². The van der Waals surface area contributed by atoms with Crippen molar-refractivity contribution in [1.82, 2.24) is 4.57 Å². The Hall–Kier alpha value is -2.30. The number of aryl methyl sites for hydroxylation is 1. The van der Waals surface area contributed by atoms with E-state index >= 15 is 0 Å². The molecule has 2 aromatic carbocycles. The Morgan fingerprint density at radius 3 is 2.60 bits per heavy atom. The van der Waals surface area contributed by atoms with Gasteiger partial charge in [0.15, 0.2) is 26.1 Å². The first kappa shape index (κ1) is 21.0. The van der Waals surface area contributed by atoms with Crippen molar-refractivity contribution in [3.05, 3.63) is 46.8 Å². The number of carbonyl (C=O) groups is 1. The fourth-order valence-electron chi connectivity index (χ4n) is 3.20. The summed E-state index contributed by atoms with van der Waals surface area (Å²) >= 11 is 3.05. The normalized spacial score (nSPS) is 14.3. The summed E-state index contributed by atoms with van der Waals surface area (Å²) in [4.78, 5) is 17.7. The molecule has 158 valence electrons. The lowest BCUT2D eigenvalue weighted by Gasteiger charge is -2.18. The van der Waals surface area contributed by atoms with E-state index in [4.69, 9.17) is 9.47 Å². The van der Waals surface area contributed by atoms with Crippen LogP contribution in [0.3, 0.4) is 0 Å². The molecular weight excluding hydrogens is 444 g/mol. The molecule has 2 heterocycles. The van der Waals surface area contributed by atoms with Crippen LogP contribution in [0.4, 0.5) is 0 Å². The minimum Gasteiger partial charge on any atom is -0.486 e. The number of rotatable bonds is 5. The van der Waals surface area contributed by atoms with Gasteiger partial charge in [0.05, 0.1) is 20.7 Å². The Labute approximate surface area is 182 Å². The standard InChI is InChI=1S/C20H20N2O5S3/c1-28-10-7-22-14-11-15-16(27-9-8-26-15)12-17(14)29-20(22)21-19(23)13-5-3-4-6-18(13)30(2,24)25/h3-6,11-12H,7-10H2,1-2H3. The van der Waals surface area contributed by atoms with Gasteiger partial charge in [-0.3, -0.25) is 4.79 Å². The van der Waals surface area contributed by atoms with Gasteiger partial charge >= 0.3 is 0 Å². The van der Waals surface area contributed by atoms with Gasteiger partial charge in [-0.2, -0.15) is 16.8 Å². The number of sulfone groups is 1. The van der Waals surface area contributed by atoms with E-state index in [9.17, 15) is 13.2 Å². The van der Waals surface area contributed by atoms with E-state index in [0.29, 0.717) is 36.1 Å². The van der Waals surface area contributed by atoms with E-state index in [0.717, 1.165) is 22.2 Å². The molecule has 0 spiro atoms. The second-order valence-corrected chi connectivity index (χ2v) is 10.7. The van der Waals surface area contributed by atoms with Crippen LogP contribution in [0.5, 0.6) is 11.5 Å². The maximum absolute atomic E-state index is 12.9. The summed E-state index contributed by atoms with van der Waals surface area (Å²) in [5, 5.41) is 0. The first-order chi connectivity index (χ1) is 14.4. The number of hydrogen-bond donors (Lipinski definition) is 0. The van der Waals surface area contributed by atoms with Gasteiger partial charge in [-0.25, -0.2) is 8.42 Å². The third-order valence-corrected chi connectivity index (χ3v) is 7.37. The van der Waals surface area contributed by atoms with Gasteiger partial charge in [-0.15, -0.1) is 0 Å². The zero-order chi connectivity index (χ0) is 21.3. The minimum absolute atomic E-state index is 0.0206. The Kier molecular flexibility index (Phi) is 5.90. The summed E-state index contributed by atoms with van der Waals surface area (Å²) in [5.74, 6) is 1.59. The maximum Gasteiger partial charge on any atom is 0.280 e. The Morgan fingerprint density at radius 2 is 1.90 bits per heavy atom. The van der Waals surface area contributed by atoms with Gasteiger partial charge in [0.1, 0.15) is 13.2 Å². The molecule has 1 amide bonds. The Morgan fingerprint density at radius 1 is 1.20 bits per heavy atom. The fraction of sp³-hybridized carbons (Fsp3) is 0.300. The molecule has 1 aromatic heterocycles. The van der Waals surface area contributed by atoms with Crippen LogP contribution in [0.1, 0.15) is 10.4 Å². The number of aromatic nitrogens is 1. The molecule has 0 bridgehead atoms. The third-order valence-electron chi connectivity index (χ3n) is 4.58. The van der Waals surface area contributed by atoms with Crippen molar-refractivity contribution >= 4 is 49.1 Å². The molecule has 0 radical (unpaired) electrons. The molecule has 3 aromatic rings. The number of carbonyl (C=O) groups excluding carboxylic acids is 1. The largest absolute Gasteiger partial charge is 0.486 e. The molecule has 4 rings (SSSR count). The molecule has 0 unspecified atom stereocenters. The minimum atomic E-state index is -3.55. The lowest BCUT2D eigenvalue weighted by atomic mass is 10.2. The first-order valence-corrected chi connectivity index (χ1v) is 13.3. The summed E-state index contributed by atoms with van der Waals surface area (Å²) in [6, 6.07) is 9.95. The molecule has 7 nitrogen and oxygen atoms in total. The van der Waals surface area contributed by atoms with E-state index in [1.807, 2.05) is 23.0 Å². The number of ether oxygens (including phenoxy) is 2. The summed E-state index contributed by atoms with van der Waals surface area (Å²) in [5.41, 5.74) is 0.973. The number of thioether (sulfide) groups is 1. The highest BCUT2D eigenvalue weighted by Crippen LogP contribution is 2.35. The zero-order valence-corrected chi connectivity index (χ0v) is 18.9. The van der Waals surface area contributed by atoms with Crippen LogP contribution in [0.15, 0.2) is 46.3 Å². The third kappa shape index (κ3) is 4.12. The summed E-state index contributed by atoms with van der Waals surface area (Å²) in [6.45, 7) is 1.64. The van der Waals surface area contributed by atoms with Crippen molar-refractivity contribution in [2.75, 3.05) is 31.5 Å². The van der Waals surface area contributed by atoms with Gasteiger partial charge in [0, 0.05) is 30.7 Å². The van der Waals surface area contributed by atoms with Crippen LogP contribution in [0.2, 0.25) is 0 Å². The molecule has 0 aliphatic carbocycles. The topological polar surface area (TPSA) is 87.0 Å². The molecule has 1 aliphatic heterocycles. The van der Waals surface area contributed by atoms with Crippen molar-refractivity contribution in [2.45, 2.75) is 11.4 Å². The molecule has 10 heteroatoms. The van der Waals surface area contributed by atoms with Crippen LogP contribution in [0, 0.1) is 0 Å². The highest BCUT2D eigenvalue weighted by Gasteiger charge is 2.20. The number of fused-ring (bicyclic) bond motifs is 2. The van der Waals surface area contributed by atoms with Crippen LogP contribution < -0.4 is 14.3 Å². The van der Waals surface area contributed by atoms with E-state index in [-0.39, 0.29) is 10.5 Å². The predicted octanol–water partition coefficient (Wildman–Crippen LogP) is 2.98. The number of thiazole rings is 1. The smallest absolute Gasteiger partial charge is 0.280 e. The van der Waals surface area contributed by atoms with Gasteiger partial charge in [0.2, 0.25) is 0 Å². The zero-order valence-electron chi connectivity index (χ0n) is 16.5. The summed E-state index contributed by atoms with van der Waals surface area (Å²) < 4.78 is 38.4. The molecule has 0 saturated carbocycles. The van der Waals surface area contributed by atoms with Gasteiger partial charge in [-0.05, 0) is 18.4 Å². The molecular formula is C20H20N2O5S3. The van der Waals surface area contributed by atoms with Crippen molar-refractivity contribution in [1.29, 1.82) is 0 Å². The van der Waals surface area contributed by atoms with Crippen LogP contribution >= 0.6 is 23.1 Å². The molecule has 0 saturated heterocycles. The van der Waals surface area contributed by atoms with E-state index < -0.39 is 15.7 Å². The van der Waals surface area contributed by atoms with Gasteiger partial charge in [0.25, 0.3) is 5.91 Å². The average molecular weight is 465 g/mol. The molecule has 1 aliphatic rings. The van der Waals surface area contributed by atoms with Gasteiger partial charge in [-0.1, -0.05) is 23.5 Å². The number of nitrogens with zero attached hydrogens (tertiary/aromatic N) is 2. The Balaban J connectivity index is 1.87. The lowest BCUT2D eigenvalue weighted by molar-refractivity contribution is 0.0994. The highest BCUT2D eigenvalue weighted by atomic mass is 32.2. The molecule has 0 fully saturated rings. The second kappa shape index (κ2) is 8.44. The van der Waals surface area contributed by atoms with Crippen molar-refractivity contribution < 1.29 is 22.7 Å². The van der Waals surface area contributed by atoms with Crippen molar-refractivity contribution in [2.24, 2.45) is 4.99 Å². The van der Waals surface area contributed by atoms with Crippen molar-refractivity contribution in [3.63, 3.8) is 0 Å². The maximum atomic E-state index is 12.9. The first-order valence-electron chi connectivity index (χ1n) is 9.18. The van der Waals surface area contributed by atoms with Crippen LogP contribution in [-0.2, 0) is 16.4 Å². The summed E-state index contributed by atoms with van der Waals surface area (Å²) in [7, 11) is -3.55. The lowest BCUT2D eigenvalue weighted by Crippen LogP contribution is -2.19. The second-order valence-electron chi connectivity index (χ2n) is 6.68. The number of amides is 1. The van der Waals surface area contributed by atoms with Crippen LogP contribution in [0.25, 0.3) is 10.2 Å². The summed E-state index contributed by atoms with van der Waals surface area (Å²) in [6.07, 6.45) is 3.10. The quantitative estimate of drug-likeness (QED) is 0.577. The van der Waals surface area contributed by atoms with E-state index in [2.05, 4.69) is 4.99 Å². The predicted molar refractivity (Wildman–Crippen MR) is 119 cm³/mol. The van der Waals surface area contributed by atoms with E-state index in [1.165, 1.54) is 23.5 Å². The Bertz CT molecular complexity index is 1290. The van der Waals surface area contributed by atoms with E-state index in [1.54, 1.807) is 23.9 Å². The highest BCUT2D eigenvalue weighted by molar-refractivity contribution is 7.98. The monoisotopic (exact) mass is 464 g/mol. The molecule has 30 heavy (non-hydrogen) atoms. The average Bonchev–Trinajstić information content (AvgIpc) is 3.05. The number of benzene rings is 2. The van der Waals surface area contributed by atoms with Crippen molar-refractivity contribution in [3.8, 4) is 11.5 Å². The molecule has 0 N–H and O–H groups in total. The van der Waals surface area contributed by atoms with Crippen LogP contribution in [-0.4, -0.2) is 50.4 Å². The fourth-order valence-corrected chi connectivity index (χ4v) is 5.51. The molecule has 0 atom stereocenters.